The lowest BCUT2D eigenvalue weighted by atomic mass is 10.00. The van der Waals surface area contributed by atoms with Crippen molar-refractivity contribution in [1.29, 1.82) is 0 Å². The molecular formula is C12H21BrO. The molecule has 0 saturated heterocycles. The molecule has 0 heterocycles. The van der Waals surface area contributed by atoms with Crippen molar-refractivity contribution in [2.45, 2.75) is 64.4 Å². The largest absolute Gasteiger partial charge is 0.389 e. The van der Waals surface area contributed by atoms with Gasteiger partial charge in [-0.15, -0.1) is 0 Å². The van der Waals surface area contributed by atoms with Gasteiger partial charge >= 0.3 is 0 Å². The predicted molar refractivity (Wildman–Crippen MR) is 64.6 cm³/mol. The van der Waals surface area contributed by atoms with Gasteiger partial charge in [-0.25, -0.2) is 0 Å². The van der Waals surface area contributed by atoms with Crippen LogP contribution in [0.1, 0.15) is 58.3 Å². The summed E-state index contributed by atoms with van der Waals surface area (Å²) in [6, 6.07) is 0. The van der Waals surface area contributed by atoms with Crippen LogP contribution in [-0.4, -0.2) is 11.2 Å². The Kier molecular flexibility index (Phi) is 5.80. The van der Waals surface area contributed by atoms with E-state index in [-0.39, 0.29) is 6.10 Å². The zero-order valence-electron chi connectivity index (χ0n) is 9.06. The highest BCUT2D eigenvalue weighted by Crippen LogP contribution is 2.31. The van der Waals surface area contributed by atoms with Crippen LogP contribution < -0.4 is 0 Å². The Morgan fingerprint density at radius 1 is 1.29 bits per heavy atom. The topological polar surface area (TPSA) is 20.2 Å². The third-order valence-corrected chi connectivity index (χ3v) is 3.83. The van der Waals surface area contributed by atoms with Crippen LogP contribution in [0.4, 0.5) is 0 Å². The van der Waals surface area contributed by atoms with Crippen molar-refractivity contribution in [3.05, 3.63) is 10.1 Å². The van der Waals surface area contributed by atoms with E-state index in [2.05, 4.69) is 22.9 Å². The molecular weight excluding hydrogens is 240 g/mol. The summed E-state index contributed by atoms with van der Waals surface area (Å²) in [5.74, 6) is 0. The third-order valence-electron chi connectivity index (χ3n) is 2.92. The minimum atomic E-state index is -0.192. The van der Waals surface area contributed by atoms with Crippen molar-refractivity contribution >= 4 is 15.9 Å². The van der Waals surface area contributed by atoms with Gasteiger partial charge in [0.1, 0.15) is 0 Å². The molecule has 0 aromatic carbocycles. The van der Waals surface area contributed by atoms with E-state index in [1.165, 1.54) is 35.7 Å². The predicted octanol–water partition coefficient (Wildman–Crippen LogP) is 4.15. The molecule has 1 rings (SSSR count). The van der Waals surface area contributed by atoms with Crippen molar-refractivity contribution in [2.24, 2.45) is 0 Å². The summed E-state index contributed by atoms with van der Waals surface area (Å²) in [7, 11) is 0. The third kappa shape index (κ3) is 3.74. The molecule has 1 atom stereocenters. The average molecular weight is 261 g/mol. The molecule has 1 nitrogen and oxygen atoms in total. The summed E-state index contributed by atoms with van der Waals surface area (Å²) < 4.78 is 1.28. The quantitative estimate of drug-likeness (QED) is 0.806. The van der Waals surface area contributed by atoms with E-state index >= 15 is 0 Å². The normalized spacial score (nSPS) is 20.8. The van der Waals surface area contributed by atoms with Crippen LogP contribution in [0.15, 0.2) is 10.1 Å². The zero-order chi connectivity index (χ0) is 10.4. The molecule has 2 heteroatoms. The first kappa shape index (κ1) is 12.3. The first-order valence-electron chi connectivity index (χ1n) is 5.81. The van der Waals surface area contributed by atoms with Crippen LogP contribution in [0.2, 0.25) is 0 Å². The maximum absolute atomic E-state index is 10.0. The number of hydrogen-bond donors (Lipinski definition) is 1. The molecule has 0 aromatic rings. The Morgan fingerprint density at radius 2 is 2.00 bits per heavy atom. The molecule has 1 unspecified atom stereocenters. The van der Waals surface area contributed by atoms with E-state index in [1.54, 1.807) is 0 Å². The fourth-order valence-corrected chi connectivity index (χ4v) is 2.73. The zero-order valence-corrected chi connectivity index (χ0v) is 10.6. The van der Waals surface area contributed by atoms with Gasteiger partial charge in [0.2, 0.25) is 0 Å². The molecule has 1 N–H and O–H groups in total. The number of unbranched alkanes of at least 4 members (excludes halogenated alkanes) is 1. The van der Waals surface area contributed by atoms with Gasteiger partial charge in [-0.3, -0.25) is 0 Å². The molecule has 14 heavy (non-hydrogen) atoms. The Bertz CT molecular complexity index is 198. The van der Waals surface area contributed by atoms with Gasteiger partial charge in [-0.1, -0.05) is 42.1 Å². The van der Waals surface area contributed by atoms with Crippen LogP contribution >= 0.6 is 15.9 Å². The van der Waals surface area contributed by atoms with E-state index < -0.39 is 0 Å². The van der Waals surface area contributed by atoms with Gasteiger partial charge in [0.15, 0.2) is 0 Å². The number of rotatable bonds is 4. The molecule has 82 valence electrons. The Hall–Kier alpha value is 0.180. The SMILES string of the molecule is CCCCC(O)C1=C(Br)CCCCC1. The number of hydrogen-bond acceptors (Lipinski definition) is 1. The summed E-state index contributed by atoms with van der Waals surface area (Å²) in [6.07, 6.45) is 9.07. The molecule has 0 saturated carbocycles. The number of allylic oxidation sites excluding steroid dienone is 1. The van der Waals surface area contributed by atoms with Gasteiger partial charge in [0.25, 0.3) is 0 Å². The molecule has 0 amide bonds. The molecule has 0 fully saturated rings. The lowest BCUT2D eigenvalue weighted by Crippen LogP contribution is -2.11. The van der Waals surface area contributed by atoms with Crippen molar-refractivity contribution in [3.8, 4) is 0 Å². The number of aliphatic hydroxyl groups is 1. The second-order valence-electron chi connectivity index (χ2n) is 4.15. The monoisotopic (exact) mass is 260 g/mol. The molecule has 1 aliphatic carbocycles. The highest BCUT2D eigenvalue weighted by atomic mass is 79.9. The van der Waals surface area contributed by atoms with Crippen LogP contribution in [0.3, 0.4) is 0 Å². The van der Waals surface area contributed by atoms with E-state index in [9.17, 15) is 5.11 Å². The minimum absolute atomic E-state index is 0.192. The van der Waals surface area contributed by atoms with Crippen molar-refractivity contribution in [2.75, 3.05) is 0 Å². The number of halogens is 1. The first-order chi connectivity index (χ1) is 6.75. The molecule has 0 aromatic heterocycles. The van der Waals surface area contributed by atoms with Gasteiger partial charge in [0, 0.05) is 0 Å². The standard InChI is InChI=1S/C12H21BrO/c1-2-3-9-12(14)10-7-5-4-6-8-11(10)13/h12,14H,2-9H2,1H3. The number of aliphatic hydroxyl groups excluding tert-OH is 1. The second-order valence-corrected chi connectivity index (χ2v) is 5.11. The molecule has 0 bridgehead atoms. The fraction of sp³-hybridized carbons (Fsp3) is 0.833. The lowest BCUT2D eigenvalue weighted by molar-refractivity contribution is 0.192. The highest BCUT2D eigenvalue weighted by Gasteiger charge is 2.16. The van der Waals surface area contributed by atoms with Crippen molar-refractivity contribution in [3.63, 3.8) is 0 Å². The van der Waals surface area contributed by atoms with E-state index in [0.29, 0.717) is 0 Å². The van der Waals surface area contributed by atoms with E-state index in [0.717, 1.165) is 25.7 Å². The van der Waals surface area contributed by atoms with Gasteiger partial charge in [-0.05, 0) is 42.2 Å². The smallest absolute Gasteiger partial charge is 0.0760 e. The molecule has 0 radical (unpaired) electrons. The maximum Gasteiger partial charge on any atom is 0.0760 e. The van der Waals surface area contributed by atoms with Gasteiger partial charge < -0.3 is 5.11 Å². The average Bonchev–Trinajstić information content (AvgIpc) is 2.39. The summed E-state index contributed by atoms with van der Waals surface area (Å²) in [5.41, 5.74) is 1.27. The van der Waals surface area contributed by atoms with Gasteiger partial charge in [0.05, 0.1) is 6.10 Å². The molecule has 0 spiro atoms. The summed E-state index contributed by atoms with van der Waals surface area (Å²) in [5, 5.41) is 10.0. The van der Waals surface area contributed by atoms with Gasteiger partial charge in [-0.2, -0.15) is 0 Å². The van der Waals surface area contributed by atoms with E-state index in [1.807, 2.05) is 0 Å². The Labute approximate surface area is 95.7 Å². The maximum atomic E-state index is 10.0. The van der Waals surface area contributed by atoms with Crippen molar-refractivity contribution < 1.29 is 5.11 Å². The van der Waals surface area contributed by atoms with Crippen LogP contribution in [0, 0.1) is 0 Å². The van der Waals surface area contributed by atoms with Crippen LogP contribution in [-0.2, 0) is 0 Å². The minimum Gasteiger partial charge on any atom is -0.389 e. The van der Waals surface area contributed by atoms with Crippen LogP contribution in [0.25, 0.3) is 0 Å². The lowest BCUT2D eigenvalue weighted by Gasteiger charge is -2.15. The van der Waals surface area contributed by atoms with E-state index in [4.69, 9.17) is 0 Å². The first-order valence-corrected chi connectivity index (χ1v) is 6.60. The summed E-state index contributed by atoms with van der Waals surface area (Å²) >= 11 is 3.62. The van der Waals surface area contributed by atoms with Crippen molar-refractivity contribution in [1.82, 2.24) is 0 Å². The summed E-state index contributed by atoms with van der Waals surface area (Å²) in [4.78, 5) is 0. The Balaban J connectivity index is 2.53. The highest BCUT2D eigenvalue weighted by molar-refractivity contribution is 9.11. The van der Waals surface area contributed by atoms with Crippen LogP contribution in [0.5, 0.6) is 0 Å². The summed E-state index contributed by atoms with van der Waals surface area (Å²) in [6.45, 7) is 2.17. The molecule has 0 aliphatic heterocycles. The molecule has 1 aliphatic rings. The second kappa shape index (κ2) is 6.62. The fourth-order valence-electron chi connectivity index (χ4n) is 1.99. The Morgan fingerprint density at radius 3 is 2.71 bits per heavy atom.